The standard InChI is InChI=1S/C23H31ClN6O3/c1-23(2,3)33-22(32)30-10-8-29(9-11-30)20-19(25)13-16(14-26-20)15-6-7-17(18(24)12-15)21(31)27-28(4)5/h6-7,12-14H,8-11,25H2,1-5H3,(H,27,31). The van der Waals surface area contributed by atoms with Gasteiger partial charge in [-0.25, -0.2) is 14.8 Å². The Morgan fingerprint density at radius 3 is 2.33 bits per heavy atom. The van der Waals surface area contributed by atoms with E-state index in [1.165, 1.54) is 0 Å². The summed E-state index contributed by atoms with van der Waals surface area (Å²) < 4.78 is 5.45. The summed E-state index contributed by atoms with van der Waals surface area (Å²) in [5.41, 5.74) is 11.0. The smallest absolute Gasteiger partial charge is 0.410 e. The number of anilines is 2. The lowest BCUT2D eigenvalue weighted by Gasteiger charge is -2.36. The summed E-state index contributed by atoms with van der Waals surface area (Å²) in [5, 5.41) is 1.90. The molecule has 3 N–H and O–H groups in total. The fraction of sp³-hybridized carbons (Fsp3) is 0.435. The van der Waals surface area contributed by atoms with Crippen LogP contribution in [0.3, 0.4) is 0 Å². The molecular formula is C23H31ClN6O3. The van der Waals surface area contributed by atoms with Crippen molar-refractivity contribution in [3.63, 3.8) is 0 Å². The summed E-state index contributed by atoms with van der Waals surface area (Å²) in [7, 11) is 3.46. The van der Waals surface area contributed by atoms with E-state index in [-0.39, 0.29) is 12.0 Å². The molecule has 0 atom stereocenters. The van der Waals surface area contributed by atoms with Crippen molar-refractivity contribution in [2.24, 2.45) is 0 Å². The minimum atomic E-state index is -0.521. The van der Waals surface area contributed by atoms with Gasteiger partial charge in [0.2, 0.25) is 0 Å². The molecule has 2 aromatic rings. The van der Waals surface area contributed by atoms with E-state index in [0.29, 0.717) is 48.3 Å². The molecule has 1 aliphatic heterocycles. The zero-order valence-electron chi connectivity index (χ0n) is 19.7. The van der Waals surface area contributed by atoms with Crippen LogP contribution in [0.4, 0.5) is 16.3 Å². The summed E-state index contributed by atoms with van der Waals surface area (Å²) in [4.78, 5) is 32.8. The first kappa shape index (κ1) is 24.6. The molecule has 1 fully saturated rings. The Bertz CT molecular complexity index is 1030. The quantitative estimate of drug-likeness (QED) is 0.655. The molecule has 178 valence electrons. The van der Waals surface area contributed by atoms with Gasteiger partial charge in [0.1, 0.15) is 5.60 Å². The van der Waals surface area contributed by atoms with E-state index in [0.717, 1.165) is 11.1 Å². The Morgan fingerprint density at radius 1 is 1.12 bits per heavy atom. The lowest BCUT2D eigenvalue weighted by atomic mass is 10.0. The van der Waals surface area contributed by atoms with Crippen LogP contribution < -0.4 is 16.1 Å². The predicted octanol–water partition coefficient (Wildman–Crippen LogP) is 3.25. The maximum atomic E-state index is 12.3. The second-order valence-corrected chi connectivity index (χ2v) is 9.53. The summed E-state index contributed by atoms with van der Waals surface area (Å²) in [6.45, 7) is 7.84. The van der Waals surface area contributed by atoms with Crippen molar-refractivity contribution in [2.75, 3.05) is 50.9 Å². The number of rotatable bonds is 4. The number of nitrogen functional groups attached to an aromatic ring is 1. The van der Waals surface area contributed by atoms with Gasteiger partial charge in [0.15, 0.2) is 5.82 Å². The molecule has 10 heteroatoms. The largest absolute Gasteiger partial charge is 0.444 e. The van der Waals surface area contributed by atoms with Crippen LogP contribution in [0.15, 0.2) is 30.5 Å². The number of hydrogen-bond acceptors (Lipinski definition) is 7. The van der Waals surface area contributed by atoms with Crippen molar-refractivity contribution in [1.82, 2.24) is 20.3 Å². The van der Waals surface area contributed by atoms with E-state index >= 15 is 0 Å². The highest BCUT2D eigenvalue weighted by molar-refractivity contribution is 6.34. The number of nitrogens with one attached hydrogen (secondary N) is 1. The summed E-state index contributed by atoms with van der Waals surface area (Å²) in [6.07, 6.45) is 1.43. The van der Waals surface area contributed by atoms with Crippen molar-refractivity contribution in [1.29, 1.82) is 0 Å². The number of hydrogen-bond donors (Lipinski definition) is 2. The Morgan fingerprint density at radius 2 is 1.79 bits per heavy atom. The van der Waals surface area contributed by atoms with E-state index < -0.39 is 5.60 Å². The SMILES string of the molecule is CN(C)NC(=O)c1ccc(-c2cnc(N3CCN(C(=O)OC(C)(C)C)CC3)c(N)c2)cc1Cl. The number of amides is 2. The number of ether oxygens (including phenoxy) is 1. The third kappa shape index (κ3) is 6.27. The number of carbonyl (C=O) groups excluding carboxylic acids is 2. The highest BCUT2D eigenvalue weighted by Gasteiger charge is 2.27. The van der Waals surface area contributed by atoms with E-state index in [1.54, 1.807) is 42.3 Å². The van der Waals surface area contributed by atoms with Crippen LogP contribution in [0, 0.1) is 0 Å². The minimum absolute atomic E-state index is 0.282. The van der Waals surface area contributed by atoms with E-state index in [1.807, 2.05) is 32.9 Å². The fourth-order valence-electron chi connectivity index (χ4n) is 3.47. The molecule has 33 heavy (non-hydrogen) atoms. The van der Waals surface area contributed by atoms with Crippen molar-refractivity contribution < 1.29 is 14.3 Å². The fourth-order valence-corrected chi connectivity index (χ4v) is 3.73. The number of nitrogens with two attached hydrogens (primary N) is 1. The number of aromatic nitrogens is 1. The number of benzene rings is 1. The number of halogens is 1. The third-order valence-corrected chi connectivity index (χ3v) is 5.31. The van der Waals surface area contributed by atoms with Gasteiger partial charge < -0.3 is 20.3 Å². The van der Waals surface area contributed by atoms with Crippen molar-refractivity contribution >= 4 is 35.1 Å². The maximum absolute atomic E-state index is 12.3. The van der Waals surface area contributed by atoms with Gasteiger partial charge >= 0.3 is 6.09 Å². The number of carbonyl (C=O) groups is 2. The monoisotopic (exact) mass is 474 g/mol. The summed E-state index contributed by atoms with van der Waals surface area (Å²) in [6, 6.07) is 7.05. The van der Waals surface area contributed by atoms with Crippen LogP contribution >= 0.6 is 11.6 Å². The molecule has 0 saturated carbocycles. The molecule has 1 aromatic carbocycles. The molecule has 9 nitrogen and oxygen atoms in total. The van der Waals surface area contributed by atoms with Gasteiger partial charge in [-0.3, -0.25) is 10.2 Å². The lowest BCUT2D eigenvalue weighted by Crippen LogP contribution is -2.50. The molecule has 3 rings (SSSR count). The number of nitrogens with zero attached hydrogens (tertiary/aromatic N) is 4. The Hall–Kier alpha value is -3.04. The third-order valence-electron chi connectivity index (χ3n) is 5.00. The van der Waals surface area contributed by atoms with E-state index in [4.69, 9.17) is 22.1 Å². The van der Waals surface area contributed by atoms with Gasteiger partial charge in [-0.1, -0.05) is 17.7 Å². The normalized spacial score (nSPS) is 14.4. The minimum Gasteiger partial charge on any atom is -0.444 e. The number of hydrazine groups is 1. The molecule has 2 amide bonds. The van der Waals surface area contributed by atoms with Crippen LogP contribution in [-0.4, -0.2) is 72.8 Å². The Kier molecular flexibility index (Phi) is 7.34. The van der Waals surface area contributed by atoms with Crippen LogP contribution in [0.1, 0.15) is 31.1 Å². The molecule has 0 bridgehead atoms. The van der Waals surface area contributed by atoms with Gasteiger partial charge in [-0.15, -0.1) is 0 Å². The molecule has 1 saturated heterocycles. The molecule has 0 unspecified atom stereocenters. The molecular weight excluding hydrogens is 444 g/mol. The average molecular weight is 475 g/mol. The first-order valence-electron chi connectivity index (χ1n) is 10.7. The first-order chi connectivity index (χ1) is 15.4. The number of piperazine rings is 1. The van der Waals surface area contributed by atoms with Crippen LogP contribution in [0.25, 0.3) is 11.1 Å². The Balaban J connectivity index is 1.69. The van der Waals surface area contributed by atoms with E-state index in [2.05, 4.69) is 15.3 Å². The van der Waals surface area contributed by atoms with Gasteiger partial charge in [0.05, 0.1) is 16.3 Å². The highest BCUT2D eigenvalue weighted by atomic mass is 35.5. The van der Waals surface area contributed by atoms with Crippen molar-refractivity contribution in [3.05, 3.63) is 41.0 Å². The molecule has 0 radical (unpaired) electrons. The molecule has 1 aromatic heterocycles. The Labute approximate surface area is 199 Å². The van der Waals surface area contributed by atoms with Crippen LogP contribution in [-0.2, 0) is 4.74 Å². The van der Waals surface area contributed by atoms with Crippen LogP contribution in [0.5, 0.6) is 0 Å². The second-order valence-electron chi connectivity index (χ2n) is 9.12. The molecule has 1 aliphatic rings. The van der Waals surface area contributed by atoms with Gasteiger partial charge in [0, 0.05) is 52.0 Å². The van der Waals surface area contributed by atoms with Crippen molar-refractivity contribution in [2.45, 2.75) is 26.4 Å². The summed E-state index contributed by atoms with van der Waals surface area (Å²) in [5.74, 6) is 0.394. The number of pyridine rings is 1. The van der Waals surface area contributed by atoms with Gasteiger partial charge in [0.25, 0.3) is 5.91 Å². The molecule has 0 aliphatic carbocycles. The van der Waals surface area contributed by atoms with Gasteiger partial charge in [-0.2, -0.15) is 0 Å². The van der Waals surface area contributed by atoms with Gasteiger partial charge in [-0.05, 0) is 44.5 Å². The summed E-state index contributed by atoms with van der Waals surface area (Å²) >= 11 is 6.35. The lowest BCUT2D eigenvalue weighted by molar-refractivity contribution is 0.0240. The molecule has 2 heterocycles. The second kappa shape index (κ2) is 9.84. The zero-order chi connectivity index (χ0) is 24.3. The average Bonchev–Trinajstić information content (AvgIpc) is 2.72. The highest BCUT2D eigenvalue weighted by Crippen LogP contribution is 2.30. The van der Waals surface area contributed by atoms with Crippen molar-refractivity contribution in [3.8, 4) is 11.1 Å². The zero-order valence-corrected chi connectivity index (χ0v) is 20.4. The maximum Gasteiger partial charge on any atom is 0.410 e. The van der Waals surface area contributed by atoms with Crippen LogP contribution in [0.2, 0.25) is 5.02 Å². The van der Waals surface area contributed by atoms with E-state index in [9.17, 15) is 9.59 Å². The first-order valence-corrected chi connectivity index (χ1v) is 11.1. The molecule has 0 spiro atoms. The topological polar surface area (TPSA) is 104 Å². The predicted molar refractivity (Wildman–Crippen MR) is 130 cm³/mol.